The molecule has 0 saturated carbocycles. The van der Waals surface area contributed by atoms with Crippen molar-refractivity contribution in [2.75, 3.05) is 0 Å². The molecule has 0 aliphatic carbocycles. The van der Waals surface area contributed by atoms with E-state index in [2.05, 4.69) is 0 Å². The van der Waals surface area contributed by atoms with Crippen LogP contribution in [0.1, 0.15) is 18.1 Å². The molecule has 0 bridgehead atoms. The number of cyclic esters (lactones) is 1. The van der Waals surface area contributed by atoms with Gasteiger partial charge in [-0.15, -0.1) is 0 Å². The molecule has 0 radical (unpaired) electrons. The van der Waals surface area contributed by atoms with E-state index in [-0.39, 0.29) is 6.42 Å². The third-order valence-electron chi connectivity index (χ3n) is 2.60. The first-order valence-electron chi connectivity index (χ1n) is 4.86. The first-order valence-corrected chi connectivity index (χ1v) is 5.62. The molecule has 0 amide bonds. The van der Waals surface area contributed by atoms with E-state index in [0.29, 0.717) is 15.6 Å². The molecule has 1 heterocycles. The lowest BCUT2D eigenvalue weighted by Crippen LogP contribution is -2.17. The van der Waals surface area contributed by atoms with E-state index in [1.54, 1.807) is 12.1 Å². The minimum absolute atomic E-state index is 0.125. The number of ether oxygens (including phenoxy) is 1. The summed E-state index contributed by atoms with van der Waals surface area (Å²) in [5, 5.41) is 9.66. The van der Waals surface area contributed by atoms with Gasteiger partial charge in [-0.05, 0) is 17.7 Å². The highest BCUT2D eigenvalue weighted by molar-refractivity contribution is 6.42. The molecule has 17 heavy (non-hydrogen) atoms. The molecule has 2 rings (SSSR count). The molecule has 0 spiro atoms. The number of carbonyl (C=O) groups is 2. The van der Waals surface area contributed by atoms with Gasteiger partial charge in [-0.25, -0.2) is 0 Å². The van der Waals surface area contributed by atoms with Gasteiger partial charge in [0.1, 0.15) is 12.0 Å². The monoisotopic (exact) mass is 274 g/mol. The van der Waals surface area contributed by atoms with Gasteiger partial charge in [0.2, 0.25) is 0 Å². The van der Waals surface area contributed by atoms with Crippen LogP contribution in [0.4, 0.5) is 0 Å². The lowest BCUT2D eigenvalue weighted by Gasteiger charge is -2.14. The average Bonchev–Trinajstić information content (AvgIpc) is 2.64. The second kappa shape index (κ2) is 4.55. The van der Waals surface area contributed by atoms with Crippen molar-refractivity contribution in [2.24, 2.45) is 5.92 Å². The summed E-state index contributed by atoms with van der Waals surface area (Å²) >= 11 is 11.6. The van der Waals surface area contributed by atoms with Gasteiger partial charge in [-0.2, -0.15) is 0 Å². The Morgan fingerprint density at radius 3 is 2.65 bits per heavy atom. The van der Waals surface area contributed by atoms with Crippen molar-refractivity contribution in [2.45, 2.75) is 12.5 Å². The van der Waals surface area contributed by atoms with Gasteiger partial charge in [-0.1, -0.05) is 29.3 Å². The van der Waals surface area contributed by atoms with Crippen molar-refractivity contribution in [1.82, 2.24) is 0 Å². The third kappa shape index (κ3) is 2.37. The van der Waals surface area contributed by atoms with Gasteiger partial charge in [0.05, 0.1) is 16.5 Å². The number of carboxylic acid groups (broad SMARTS) is 1. The number of hydrogen-bond donors (Lipinski definition) is 1. The topological polar surface area (TPSA) is 63.6 Å². The molecule has 1 aromatic rings. The molecule has 0 aromatic heterocycles. The highest BCUT2D eigenvalue weighted by Gasteiger charge is 2.40. The number of esters is 1. The van der Waals surface area contributed by atoms with Crippen molar-refractivity contribution < 1.29 is 19.4 Å². The summed E-state index contributed by atoms with van der Waals surface area (Å²) < 4.78 is 4.99. The van der Waals surface area contributed by atoms with Gasteiger partial charge >= 0.3 is 11.9 Å². The van der Waals surface area contributed by atoms with E-state index >= 15 is 0 Å². The van der Waals surface area contributed by atoms with Crippen molar-refractivity contribution in [3.05, 3.63) is 33.8 Å². The summed E-state index contributed by atoms with van der Waals surface area (Å²) in [6, 6.07) is 4.67. The van der Waals surface area contributed by atoms with Crippen LogP contribution in [0.2, 0.25) is 10.0 Å². The molecule has 4 nitrogen and oxygen atoms in total. The van der Waals surface area contributed by atoms with Gasteiger partial charge < -0.3 is 9.84 Å². The maximum atomic E-state index is 11.1. The van der Waals surface area contributed by atoms with Crippen molar-refractivity contribution >= 4 is 35.1 Å². The molecular weight excluding hydrogens is 267 g/mol. The Morgan fingerprint density at radius 2 is 2.06 bits per heavy atom. The fraction of sp³-hybridized carbons (Fsp3) is 0.273. The molecule has 0 unspecified atom stereocenters. The quantitative estimate of drug-likeness (QED) is 0.843. The molecule has 1 N–H and O–H groups in total. The lowest BCUT2D eigenvalue weighted by atomic mass is 9.95. The van der Waals surface area contributed by atoms with Crippen LogP contribution in [0.3, 0.4) is 0 Å². The van der Waals surface area contributed by atoms with Crippen LogP contribution in [0, 0.1) is 5.92 Å². The molecule has 90 valence electrons. The number of rotatable bonds is 2. The van der Waals surface area contributed by atoms with Crippen LogP contribution in [0.5, 0.6) is 0 Å². The minimum atomic E-state index is -1.06. The van der Waals surface area contributed by atoms with E-state index in [1.807, 2.05) is 0 Å². The Balaban J connectivity index is 2.34. The van der Waals surface area contributed by atoms with E-state index < -0.39 is 24.0 Å². The van der Waals surface area contributed by atoms with Gasteiger partial charge in [0, 0.05) is 0 Å². The van der Waals surface area contributed by atoms with Crippen molar-refractivity contribution in [3.63, 3.8) is 0 Å². The summed E-state index contributed by atoms with van der Waals surface area (Å²) in [4.78, 5) is 22.1. The predicted molar refractivity (Wildman–Crippen MR) is 61.0 cm³/mol. The molecule has 1 aromatic carbocycles. The van der Waals surface area contributed by atoms with Gasteiger partial charge in [0.25, 0.3) is 0 Å². The molecule has 2 atom stereocenters. The predicted octanol–water partition coefficient (Wildman–Crippen LogP) is 2.68. The smallest absolute Gasteiger partial charge is 0.311 e. The number of aliphatic carboxylic acids is 1. The third-order valence-corrected chi connectivity index (χ3v) is 3.34. The van der Waals surface area contributed by atoms with Crippen LogP contribution in [-0.2, 0) is 14.3 Å². The minimum Gasteiger partial charge on any atom is -0.481 e. The number of halogens is 2. The molecule has 1 aliphatic rings. The normalized spacial score (nSPS) is 23.5. The Kier molecular flexibility index (Phi) is 3.26. The SMILES string of the molecule is O=C1C[C@@H](C(=O)O)[C@@H](c2ccc(Cl)c(Cl)c2)O1. The van der Waals surface area contributed by atoms with E-state index in [0.717, 1.165) is 0 Å². The Bertz CT molecular complexity index is 486. The number of hydrogen-bond acceptors (Lipinski definition) is 3. The molecule has 1 aliphatic heterocycles. The fourth-order valence-corrected chi connectivity index (χ4v) is 2.07. The van der Waals surface area contributed by atoms with Crippen LogP contribution in [-0.4, -0.2) is 17.0 Å². The van der Waals surface area contributed by atoms with E-state index in [9.17, 15) is 9.59 Å². The average molecular weight is 275 g/mol. The first-order chi connectivity index (χ1) is 7.99. The molecule has 6 heteroatoms. The van der Waals surface area contributed by atoms with Crippen molar-refractivity contribution in [1.29, 1.82) is 0 Å². The zero-order chi connectivity index (χ0) is 12.6. The second-order valence-corrected chi connectivity index (χ2v) is 4.55. The standard InChI is InChI=1S/C11H8Cl2O4/c12-7-2-1-5(3-8(7)13)10-6(11(15)16)4-9(14)17-10/h1-3,6,10H,4H2,(H,15,16)/t6-,10-/m1/s1. The first kappa shape index (κ1) is 12.2. The zero-order valence-corrected chi connectivity index (χ0v) is 10.0. The van der Waals surface area contributed by atoms with Crippen LogP contribution in [0.15, 0.2) is 18.2 Å². The molecular formula is C11H8Cl2O4. The number of benzene rings is 1. The maximum Gasteiger partial charge on any atom is 0.311 e. The highest BCUT2D eigenvalue weighted by atomic mass is 35.5. The molecule has 1 saturated heterocycles. The van der Waals surface area contributed by atoms with Gasteiger partial charge in [-0.3, -0.25) is 9.59 Å². The van der Waals surface area contributed by atoms with E-state index in [1.165, 1.54) is 6.07 Å². The second-order valence-electron chi connectivity index (χ2n) is 3.73. The molecule has 1 fully saturated rings. The van der Waals surface area contributed by atoms with Crippen molar-refractivity contribution in [3.8, 4) is 0 Å². The summed E-state index contributed by atoms with van der Waals surface area (Å²) in [7, 11) is 0. The summed E-state index contributed by atoms with van der Waals surface area (Å²) in [5.74, 6) is -2.46. The largest absolute Gasteiger partial charge is 0.481 e. The number of carboxylic acids is 1. The summed E-state index contributed by atoms with van der Waals surface area (Å²) in [6.07, 6.45) is -0.921. The Labute approximate surface area is 107 Å². The maximum absolute atomic E-state index is 11.1. The van der Waals surface area contributed by atoms with E-state index in [4.69, 9.17) is 33.0 Å². The highest BCUT2D eigenvalue weighted by Crippen LogP contribution is 2.37. The Hall–Kier alpha value is -1.26. The van der Waals surface area contributed by atoms with Crippen LogP contribution < -0.4 is 0 Å². The van der Waals surface area contributed by atoms with Crippen LogP contribution >= 0.6 is 23.2 Å². The summed E-state index contributed by atoms with van der Waals surface area (Å²) in [5.41, 5.74) is 0.539. The number of carbonyl (C=O) groups excluding carboxylic acids is 1. The zero-order valence-electron chi connectivity index (χ0n) is 8.52. The van der Waals surface area contributed by atoms with Gasteiger partial charge in [0.15, 0.2) is 0 Å². The summed E-state index contributed by atoms with van der Waals surface area (Å²) in [6.45, 7) is 0. The fourth-order valence-electron chi connectivity index (χ4n) is 1.76. The lowest BCUT2D eigenvalue weighted by molar-refractivity contribution is -0.144. The van der Waals surface area contributed by atoms with Crippen LogP contribution in [0.25, 0.3) is 0 Å². The Morgan fingerprint density at radius 1 is 1.35 bits per heavy atom.